The van der Waals surface area contributed by atoms with Crippen LogP contribution in [0.2, 0.25) is 0 Å². The van der Waals surface area contributed by atoms with Crippen molar-refractivity contribution in [2.75, 3.05) is 11.9 Å². The predicted octanol–water partition coefficient (Wildman–Crippen LogP) is 2.04. The summed E-state index contributed by atoms with van der Waals surface area (Å²) in [4.78, 5) is 16.2. The Hall–Kier alpha value is -1.28. The van der Waals surface area contributed by atoms with Gasteiger partial charge in [0.15, 0.2) is 0 Å². The van der Waals surface area contributed by atoms with E-state index in [2.05, 4.69) is 42.7 Å². The van der Waals surface area contributed by atoms with Crippen LogP contribution >= 0.6 is 27.5 Å². The number of hydrogen-bond acceptors (Lipinski definition) is 6. The second-order valence-corrected chi connectivity index (χ2v) is 5.63. The van der Waals surface area contributed by atoms with Crippen LogP contribution in [0.4, 0.5) is 5.00 Å². The topological polar surface area (TPSA) is 72.7 Å². The Labute approximate surface area is 123 Å². The minimum atomic E-state index is -0.109. The van der Waals surface area contributed by atoms with E-state index in [1.54, 1.807) is 11.5 Å². The van der Waals surface area contributed by atoms with E-state index in [9.17, 15) is 4.79 Å². The van der Waals surface area contributed by atoms with E-state index >= 15 is 0 Å². The zero-order valence-corrected chi connectivity index (χ0v) is 13.1. The summed E-state index contributed by atoms with van der Waals surface area (Å²) in [5.41, 5.74) is 0.658. The van der Waals surface area contributed by atoms with Crippen molar-refractivity contribution in [3.05, 3.63) is 32.5 Å². The summed E-state index contributed by atoms with van der Waals surface area (Å²) >= 11 is 4.50. The molecule has 6 nitrogen and oxygen atoms in total. The number of hydrogen-bond donors (Lipinski definition) is 1. The Morgan fingerprint density at radius 3 is 3.05 bits per heavy atom. The van der Waals surface area contributed by atoms with Crippen LogP contribution in [0.1, 0.15) is 24.9 Å². The highest BCUT2D eigenvalue weighted by Crippen LogP contribution is 2.18. The van der Waals surface area contributed by atoms with Crippen LogP contribution in [0.3, 0.4) is 0 Å². The zero-order chi connectivity index (χ0) is 13.8. The molecule has 0 spiro atoms. The van der Waals surface area contributed by atoms with Crippen LogP contribution in [-0.4, -0.2) is 25.7 Å². The van der Waals surface area contributed by atoms with Gasteiger partial charge in [0.1, 0.15) is 21.0 Å². The second kappa shape index (κ2) is 6.25. The average molecular weight is 344 g/mol. The third kappa shape index (κ3) is 3.19. The number of nitrogens with one attached hydrogen (secondary N) is 1. The SMILES string of the molecule is CCCNc1snnc1Cn1c(C)ncc(Br)c1=O. The molecule has 2 heterocycles. The number of rotatable bonds is 5. The predicted molar refractivity (Wildman–Crippen MR) is 78.7 cm³/mol. The Bertz CT molecular complexity index is 624. The fourth-order valence-corrected chi connectivity index (χ4v) is 2.49. The van der Waals surface area contributed by atoms with Crippen LogP contribution in [0.5, 0.6) is 0 Å². The Balaban J connectivity index is 2.29. The number of aryl methyl sites for hydroxylation is 1. The van der Waals surface area contributed by atoms with Crippen LogP contribution in [0, 0.1) is 6.92 Å². The number of aromatic nitrogens is 4. The summed E-state index contributed by atoms with van der Waals surface area (Å²) in [5.74, 6) is 0.655. The standard InChI is InChI=1S/C11H14BrN5OS/c1-3-4-13-10-9(15-16-19-10)6-17-7(2)14-5-8(12)11(17)18/h5,13H,3-4,6H2,1-2H3. The van der Waals surface area contributed by atoms with Crippen LogP contribution in [-0.2, 0) is 6.54 Å². The first-order valence-electron chi connectivity index (χ1n) is 5.90. The van der Waals surface area contributed by atoms with E-state index in [4.69, 9.17) is 0 Å². The summed E-state index contributed by atoms with van der Waals surface area (Å²) in [7, 11) is 0. The van der Waals surface area contributed by atoms with Gasteiger partial charge in [-0.2, -0.15) is 0 Å². The minimum Gasteiger partial charge on any atom is -0.374 e. The van der Waals surface area contributed by atoms with E-state index < -0.39 is 0 Å². The lowest BCUT2D eigenvalue weighted by Crippen LogP contribution is -2.25. The molecule has 0 amide bonds. The molecule has 0 aliphatic heterocycles. The maximum absolute atomic E-state index is 12.1. The molecular formula is C11H14BrN5OS. The largest absolute Gasteiger partial charge is 0.374 e. The molecule has 102 valence electrons. The van der Waals surface area contributed by atoms with E-state index in [0.29, 0.717) is 16.8 Å². The highest BCUT2D eigenvalue weighted by molar-refractivity contribution is 9.10. The lowest BCUT2D eigenvalue weighted by atomic mass is 10.4. The van der Waals surface area contributed by atoms with Gasteiger partial charge in [-0.05, 0) is 29.3 Å². The molecule has 0 saturated heterocycles. The number of nitrogens with zero attached hydrogens (tertiary/aromatic N) is 4. The molecule has 1 N–H and O–H groups in total. The average Bonchev–Trinajstić information content (AvgIpc) is 2.84. The third-order valence-corrected chi connectivity index (χ3v) is 3.87. The minimum absolute atomic E-state index is 0.109. The zero-order valence-electron chi connectivity index (χ0n) is 10.7. The normalized spacial score (nSPS) is 10.7. The molecule has 2 aromatic rings. The van der Waals surface area contributed by atoms with Crippen molar-refractivity contribution in [3.63, 3.8) is 0 Å². The molecule has 2 aromatic heterocycles. The highest BCUT2D eigenvalue weighted by atomic mass is 79.9. The Morgan fingerprint density at radius 2 is 2.32 bits per heavy atom. The van der Waals surface area contributed by atoms with Crippen LogP contribution in [0.25, 0.3) is 0 Å². The molecule has 19 heavy (non-hydrogen) atoms. The Morgan fingerprint density at radius 1 is 1.53 bits per heavy atom. The highest BCUT2D eigenvalue weighted by Gasteiger charge is 2.12. The molecule has 2 rings (SSSR count). The first kappa shape index (κ1) is 14.1. The lowest BCUT2D eigenvalue weighted by Gasteiger charge is -2.09. The first-order valence-corrected chi connectivity index (χ1v) is 7.47. The molecule has 8 heteroatoms. The number of anilines is 1. The van der Waals surface area contributed by atoms with Gasteiger partial charge in [0, 0.05) is 24.3 Å². The van der Waals surface area contributed by atoms with Gasteiger partial charge in [-0.1, -0.05) is 11.4 Å². The van der Waals surface area contributed by atoms with E-state index in [1.807, 2.05) is 0 Å². The molecule has 0 aromatic carbocycles. The molecule has 0 unspecified atom stereocenters. The van der Waals surface area contributed by atoms with Crippen LogP contribution < -0.4 is 10.9 Å². The van der Waals surface area contributed by atoms with Crippen molar-refractivity contribution in [1.82, 2.24) is 19.1 Å². The maximum atomic E-state index is 12.1. The monoisotopic (exact) mass is 343 g/mol. The van der Waals surface area contributed by atoms with Crippen molar-refractivity contribution >= 4 is 32.5 Å². The molecule has 0 aliphatic carbocycles. The summed E-state index contributed by atoms with van der Waals surface area (Å²) in [6.07, 6.45) is 2.54. The first-order chi connectivity index (χ1) is 9.13. The van der Waals surface area contributed by atoms with Crippen molar-refractivity contribution in [1.29, 1.82) is 0 Å². The van der Waals surface area contributed by atoms with Gasteiger partial charge in [0.25, 0.3) is 5.56 Å². The van der Waals surface area contributed by atoms with Crippen molar-refractivity contribution in [2.45, 2.75) is 26.8 Å². The summed E-state index contributed by atoms with van der Waals surface area (Å²) < 4.78 is 5.96. The Kier molecular flexibility index (Phi) is 4.65. The second-order valence-electron chi connectivity index (χ2n) is 4.02. The smallest absolute Gasteiger partial charge is 0.268 e. The van der Waals surface area contributed by atoms with Gasteiger partial charge < -0.3 is 5.32 Å². The molecule has 0 fully saturated rings. The fourth-order valence-electron chi connectivity index (χ4n) is 1.57. The van der Waals surface area contributed by atoms with E-state index in [1.165, 1.54) is 17.7 Å². The van der Waals surface area contributed by atoms with Gasteiger partial charge in [-0.25, -0.2) is 4.98 Å². The van der Waals surface area contributed by atoms with Crippen molar-refractivity contribution in [2.24, 2.45) is 0 Å². The van der Waals surface area contributed by atoms with Gasteiger partial charge in [-0.15, -0.1) is 5.10 Å². The molecule has 0 radical (unpaired) electrons. The molecule has 0 aliphatic rings. The van der Waals surface area contributed by atoms with E-state index in [-0.39, 0.29) is 5.56 Å². The molecule has 0 atom stereocenters. The summed E-state index contributed by atoms with van der Waals surface area (Å²) in [6.45, 7) is 5.13. The molecule has 0 bridgehead atoms. The number of halogens is 1. The molecular weight excluding hydrogens is 330 g/mol. The van der Waals surface area contributed by atoms with Gasteiger partial charge in [0.2, 0.25) is 0 Å². The van der Waals surface area contributed by atoms with Gasteiger partial charge >= 0.3 is 0 Å². The third-order valence-electron chi connectivity index (χ3n) is 2.60. The van der Waals surface area contributed by atoms with Gasteiger partial charge in [-0.3, -0.25) is 9.36 Å². The van der Waals surface area contributed by atoms with E-state index in [0.717, 1.165) is 23.7 Å². The summed E-state index contributed by atoms with van der Waals surface area (Å²) in [5, 5.41) is 8.25. The maximum Gasteiger partial charge on any atom is 0.268 e. The fraction of sp³-hybridized carbons (Fsp3) is 0.455. The lowest BCUT2D eigenvalue weighted by molar-refractivity contribution is 0.680. The summed E-state index contributed by atoms with van der Waals surface area (Å²) in [6, 6.07) is 0. The quantitative estimate of drug-likeness (QED) is 0.899. The van der Waals surface area contributed by atoms with Crippen LogP contribution in [0.15, 0.2) is 15.5 Å². The van der Waals surface area contributed by atoms with Crippen molar-refractivity contribution in [3.8, 4) is 0 Å². The van der Waals surface area contributed by atoms with Crippen molar-refractivity contribution < 1.29 is 0 Å². The van der Waals surface area contributed by atoms with Gasteiger partial charge in [0.05, 0.1) is 6.54 Å². The molecule has 0 saturated carbocycles.